The number of esters is 1. The highest BCUT2D eigenvalue weighted by atomic mass is 32.1. The lowest BCUT2D eigenvalue weighted by atomic mass is 10.2. The van der Waals surface area contributed by atoms with E-state index in [1.165, 1.54) is 0 Å². The van der Waals surface area contributed by atoms with E-state index in [9.17, 15) is 4.79 Å². The maximum Gasteiger partial charge on any atom is 0.309 e. The molecule has 0 aromatic heterocycles. The molecule has 0 aromatic carbocycles. The smallest absolute Gasteiger partial charge is 0.309 e. The van der Waals surface area contributed by atoms with Gasteiger partial charge in [-0.1, -0.05) is 26.5 Å². The van der Waals surface area contributed by atoms with Crippen LogP contribution in [0.4, 0.5) is 0 Å². The Morgan fingerprint density at radius 3 is 2.70 bits per heavy atom. The quantitative estimate of drug-likeness (QED) is 0.587. The molecule has 59 valence electrons. The van der Waals surface area contributed by atoms with Crippen LogP contribution < -0.4 is 0 Å². The molecule has 1 radical (unpaired) electrons. The lowest BCUT2D eigenvalue weighted by molar-refractivity contribution is -0.147. The van der Waals surface area contributed by atoms with Crippen molar-refractivity contribution in [2.45, 2.75) is 20.3 Å². The summed E-state index contributed by atoms with van der Waals surface area (Å²) >= 11 is 4.70. The number of hydrogen-bond donors (Lipinski definition) is 0. The summed E-state index contributed by atoms with van der Waals surface area (Å²) in [5, 5.41) is 0. The van der Waals surface area contributed by atoms with Crippen LogP contribution in [0.1, 0.15) is 20.3 Å². The summed E-state index contributed by atoms with van der Waals surface area (Å²) in [6.07, 6.45) is 0.871. The number of rotatable bonds is 4. The maximum absolute atomic E-state index is 10.8. The minimum absolute atomic E-state index is 0.124. The van der Waals surface area contributed by atoms with Gasteiger partial charge in [0, 0.05) is 5.75 Å². The van der Waals surface area contributed by atoms with E-state index >= 15 is 0 Å². The highest BCUT2D eigenvalue weighted by molar-refractivity contribution is 7.80. The van der Waals surface area contributed by atoms with Crippen LogP contribution in [0.5, 0.6) is 0 Å². The van der Waals surface area contributed by atoms with Gasteiger partial charge in [-0.05, 0) is 6.42 Å². The SMILES string of the molecule is CCCOC(=O)C(C)C[S]. The predicted octanol–water partition coefficient (Wildman–Crippen LogP) is 1.77. The first-order valence-corrected chi connectivity index (χ1v) is 4.04. The van der Waals surface area contributed by atoms with Crippen molar-refractivity contribution in [3.63, 3.8) is 0 Å². The Kier molecular flexibility index (Phi) is 5.49. The van der Waals surface area contributed by atoms with Crippen LogP contribution in [0.15, 0.2) is 0 Å². The molecule has 0 aromatic rings. The largest absolute Gasteiger partial charge is 0.465 e. The predicted molar refractivity (Wildman–Crippen MR) is 42.9 cm³/mol. The lowest BCUT2D eigenvalue weighted by Crippen LogP contribution is -2.16. The minimum atomic E-state index is -0.170. The molecule has 0 saturated heterocycles. The molecule has 2 nitrogen and oxygen atoms in total. The summed E-state index contributed by atoms with van der Waals surface area (Å²) in [7, 11) is 0. The molecule has 0 aliphatic rings. The van der Waals surface area contributed by atoms with Gasteiger partial charge < -0.3 is 4.74 Å². The number of hydrogen-bond acceptors (Lipinski definition) is 2. The summed E-state index contributed by atoms with van der Waals surface area (Å²) < 4.78 is 4.84. The second-order valence-corrected chi connectivity index (χ2v) is 2.57. The van der Waals surface area contributed by atoms with Crippen molar-refractivity contribution in [2.75, 3.05) is 12.4 Å². The molecule has 0 fully saturated rings. The van der Waals surface area contributed by atoms with Crippen LogP contribution in [0.2, 0.25) is 0 Å². The number of ether oxygens (including phenoxy) is 1. The van der Waals surface area contributed by atoms with Gasteiger partial charge >= 0.3 is 5.97 Å². The molecule has 0 rings (SSSR count). The van der Waals surface area contributed by atoms with Gasteiger partial charge in [0.05, 0.1) is 12.5 Å². The van der Waals surface area contributed by atoms with E-state index in [4.69, 9.17) is 17.4 Å². The van der Waals surface area contributed by atoms with Gasteiger partial charge in [0.25, 0.3) is 0 Å². The average molecular weight is 161 g/mol. The molecular formula is C7H13O2S. The molecule has 1 unspecified atom stereocenters. The molecule has 10 heavy (non-hydrogen) atoms. The second-order valence-electron chi connectivity index (χ2n) is 2.24. The minimum Gasteiger partial charge on any atom is -0.465 e. The second kappa shape index (κ2) is 5.59. The van der Waals surface area contributed by atoms with Gasteiger partial charge in [0.2, 0.25) is 0 Å². The van der Waals surface area contributed by atoms with Crippen LogP contribution in [-0.2, 0) is 9.53 Å². The molecule has 0 heterocycles. The highest BCUT2D eigenvalue weighted by Crippen LogP contribution is 2.00. The first-order valence-electron chi connectivity index (χ1n) is 3.47. The standard InChI is InChI=1S/C7H13O2S/c1-3-4-9-7(8)6(2)5-10/h6H,3-5H2,1-2H3. The average Bonchev–Trinajstić information content (AvgIpc) is 1.98. The van der Waals surface area contributed by atoms with Crippen molar-refractivity contribution in [1.29, 1.82) is 0 Å². The Morgan fingerprint density at radius 1 is 1.70 bits per heavy atom. The third kappa shape index (κ3) is 3.77. The fraction of sp³-hybridized carbons (Fsp3) is 0.857. The van der Waals surface area contributed by atoms with E-state index in [0.717, 1.165) is 6.42 Å². The molecule has 0 bridgehead atoms. The van der Waals surface area contributed by atoms with Crippen LogP contribution in [0.25, 0.3) is 0 Å². The first-order chi connectivity index (χ1) is 4.72. The van der Waals surface area contributed by atoms with Crippen LogP contribution >= 0.6 is 12.6 Å². The number of carbonyl (C=O) groups excluding carboxylic acids is 1. The van der Waals surface area contributed by atoms with Crippen LogP contribution in [0, 0.1) is 5.92 Å². The van der Waals surface area contributed by atoms with Gasteiger partial charge in [0.15, 0.2) is 0 Å². The molecule has 0 saturated carbocycles. The van der Waals surface area contributed by atoms with Crippen LogP contribution in [-0.4, -0.2) is 18.3 Å². The summed E-state index contributed by atoms with van der Waals surface area (Å²) in [5.74, 6) is 0.154. The normalized spacial score (nSPS) is 12.7. The molecule has 1 atom stereocenters. The Hall–Kier alpha value is -0.180. The van der Waals surface area contributed by atoms with Gasteiger partial charge in [-0.2, -0.15) is 0 Å². The molecule has 0 spiro atoms. The van der Waals surface area contributed by atoms with Gasteiger partial charge in [-0.25, -0.2) is 0 Å². The Labute approximate surface area is 67.4 Å². The summed E-state index contributed by atoms with van der Waals surface area (Å²) in [5.41, 5.74) is 0. The molecule has 0 N–H and O–H groups in total. The fourth-order valence-electron chi connectivity index (χ4n) is 0.413. The third-order valence-electron chi connectivity index (χ3n) is 1.10. The summed E-state index contributed by atoms with van der Waals surface area (Å²) in [4.78, 5) is 10.8. The van der Waals surface area contributed by atoms with E-state index in [1.54, 1.807) is 6.92 Å². The van der Waals surface area contributed by atoms with Crippen molar-refractivity contribution in [2.24, 2.45) is 5.92 Å². The van der Waals surface area contributed by atoms with Crippen molar-refractivity contribution < 1.29 is 9.53 Å². The molecule has 0 aliphatic heterocycles. The van der Waals surface area contributed by atoms with Gasteiger partial charge in [-0.3, -0.25) is 4.79 Å². The zero-order chi connectivity index (χ0) is 7.98. The number of carbonyl (C=O) groups is 1. The lowest BCUT2D eigenvalue weighted by Gasteiger charge is -2.06. The zero-order valence-corrected chi connectivity index (χ0v) is 7.24. The van der Waals surface area contributed by atoms with Crippen molar-refractivity contribution in [1.82, 2.24) is 0 Å². The van der Waals surface area contributed by atoms with E-state index in [-0.39, 0.29) is 11.9 Å². The van der Waals surface area contributed by atoms with Crippen molar-refractivity contribution in [3.8, 4) is 0 Å². The highest BCUT2D eigenvalue weighted by Gasteiger charge is 2.11. The summed E-state index contributed by atoms with van der Waals surface area (Å²) in [6, 6.07) is 0. The fourth-order valence-corrected chi connectivity index (χ4v) is 0.549. The molecule has 0 aliphatic carbocycles. The van der Waals surface area contributed by atoms with Crippen LogP contribution in [0.3, 0.4) is 0 Å². The molecule has 0 amide bonds. The topological polar surface area (TPSA) is 26.3 Å². The zero-order valence-electron chi connectivity index (χ0n) is 6.42. The maximum atomic E-state index is 10.8. The van der Waals surface area contributed by atoms with E-state index in [1.807, 2.05) is 6.92 Å². The van der Waals surface area contributed by atoms with Gasteiger partial charge in [-0.15, -0.1) is 0 Å². The molecular weight excluding hydrogens is 148 g/mol. The van der Waals surface area contributed by atoms with Gasteiger partial charge in [0.1, 0.15) is 0 Å². The Bertz CT molecular complexity index is 104. The Morgan fingerprint density at radius 2 is 2.30 bits per heavy atom. The monoisotopic (exact) mass is 161 g/mol. The van der Waals surface area contributed by atoms with E-state index < -0.39 is 0 Å². The van der Waals surface area contributed by atoms with E-state index in [2.05, 4.69) is 0 Å². The Balaban J connectivity index is 3.42. The summed E-state index contributed by atoms with van der Waals surface area (Å²) in [6.45, 7) is 4.26. The van der Waals surface area contributed by atoms with Crippen molar-refractivity contribution >= 4 is 18.6 Å². The molecule has 3 heteroatoms. The third-order valence-corrected chi connectivity index (χ3v) is 1.60. The first kappa shape index (κ1) is 9.82. The van der Waals surface area contributed by atoms with E-state index in [0.29, 0.717) is 12.4 Å². The van der Waals surface area contributed by atoms with Crippen molar-refractivity contribution in [3.05, 3.63) is 0 Å².